The number of amides is 1. The van der Waals surface area contributed by atoms with Crippen LogP contribution in [0.3, 0.4) is 0 Å². The van der Waals surface area contributed by atoms with Gasteiger partial charge in [0.25, 0.3) is 5.91 Å². The van der Waals surface area contributed by atoms with E-state index in [4.69, 9.17) is 14.3 Å². The Bertz CT molecular complexity index is 1070. The summed E-state index contributed by atoms with van der Waals surface area (Å²) in [6, 6.07) is 5.88. The third-order valence-corrected chi connectivity index (χ3v) is 6.18. The normalized spacial score (nSPS) is 20.1. The zero-order valence-corrected chi connectivity index (χ0v) is 17.4. The van der Waals surface area contributed by atoms with E-state index in [1.807, 2.05) is 29.8 Å². The maximum absolute atomic E-state index is 12.8. The Morgan fingerprint density at radius 2 is 2.23 bits per heavy atom. The Morgan fingerprint density at radius 1 is 1.33 bits per heavy atom. The minimum absolute atomic E-state index is 0.0766. The standard InChI is InChI=1S/C23H26N4O3/c1-14-8-10-29-19(14)11-25-23(28)22-15(2)20-18(30-22)7-6-16-12-27(26-21(16)20)13-17-5-3-4-9-24-17/h3-5,9,12,14,19H,6-8,10-11,13H2,1-2H3,(H,25,28)/t14-,19-/m1/s1. The molecule has 1 fully saturated rings. The Balaban J connectivity index is 1.37. The van der Waals surface area contributed by atoms with E-state index in [-0.39, 0.29) is 12.0 Å². The molecule has 1 amide bonds. The van der Waals surface area contributed by atoms with Gasteiger partial charge in [-0.2, -0.15) is 5.10 Å². The summed E-state index contributed by atoms with van der Waals surface area (Å²) in [5.41, 5.74) is 4.88. The number of fused-ring (bicyclic) bond motifs is 3. The van der Waals surface area contributed by atoms with Crippen LogP contribution in [0.2, 0.25) is 0 Å². The molecule has 156 valence electrons. The minimum Gasteiger partial charge on any atom is -0.455 e. The van der Waals surface area contributed by atoms with Gasteiger partial charge in [-0.25, -0.2) is 0 Å². The summed E-state index contributed by atoms with van der Waals surface area (Å²) in [6.45, 7) is 5.99. The average Bonchev–Trinajstić information content (AvgIpc) is 3.43. The van der Waals surface area contributed by atoms with Gasteiger partial charge in [0.05, 0.1) is 24.0 Å². The number of carbonyl (C=O) groups excluding carboxylic acids is 1. The van der Waals surface area contributed by atoms with Crippen LogP contribution in [0.1, 0.15) is 46.5 Å². The van der Waals surface area contributed by atoms with Crippen LogP contribution in [0.4, 0.5) is 0 Å². The molecule has 0 radical (unpaired) electrons. The molecule has 2 aliphatic rings. The predicted octanol–water partition coefficient (Wildman–Crippen LogP) is 3.15. The molecule has 1 aliphatic heterocycles. The van der Waals surface area contributed by atoms with Gasteiger partial charge < -0.3 is 14.5 Å². The van der Waals surface area contributed by atoms with E-state index in [0.717, 1.165) is 54.1 Å². The molecule has 3 aromatic rings. The van der Waals surface area contributed by atoms with Crippen molar-refractivity contribution < 1.29 is 13.9 Å². The van der Waals surface area contributed by atoms with Crippen molar-refractivity contribution in [1.29, 1.82) is 0 Å². The van der Waals surface area contributed by atoms with Crippen LogP contribution in [-0.4, -0.2) is 39.9 Å². The number of aryl methyl sites for hydroxylation is 2. The van der Waals surface area contributed by atoms with Crippen molar-refractivity contribution in [2.75, 3.05) is 13.2 Å². The lowest BCUT2D eigenvalue weighted by Crippen LogP contribution is -2.34. The molecule has 7 heteroatoms. The summed E-state index contributed by atoms with van der Waals surface area (Å²) in [5, 5.41) is 7.80. The van der Waals surface area contributed by atoms with Crippen molar-refractivity contribution in [3.63, 3.8) is 0 Å². The molecule has 1 saturated heterocycles. The van der Waals surface area contributed by atoms with Crippen LogP contribution in [0, 0.1) is 12.8 Å². The Kier molecular flexibility index (Phi) is 4.90. The number of carbonyl (C=O) groups is 1. The second-order valence-corrected chi connectivity index (χ2v) is 8.26. The SMILES string of the molecule is Cc1c(C(=O)NC[C@H]2OCC[C@H]2C)oc2c1-c1nn(Cc3ccccn3)cc1CC2. The molecule has 3 aromatic heterocycles. The van der Waals surface area contributed by atoms with Crippen molar-refractivity contribution in [2.24, 2.45) is 5.92 Å². The zero-order chi connectivity index (χ0) is 20.7. The van der Waals surface area contributed by atoms with Crippen molar-refractivity contribution >= 4 is 5.91 Å². The molecule has 0 spiro atoms. The van der Waals surface area contributed by atoms with Crippen molar-refractivity contribution in [3.8, 4) is 11.3 Å². The summed E-state index contributed by atoms with van der Waals surface area (Å²) in [4.78, 5) is 17.2. The number of pyridine rings is 1. The second kappa shape index (κ2) is 7.72. The number of furan rings is 1. The highest BCUT2D eigenvalue weighted by Crippen LogP contribution is 2.38. The van der Waals surface area contributed by atoms with Crippen LogP contribution in [-0.2, 0) is 24.1 Å². The number of hydrogen-bond donors (Lipinski definition) is 1. The van der Waals surface area contributed by atoms with Gasteiger partial charge in [-0.3, -0.25) is 14.5 Å². The van der Waals surface area contributed by atoms with Crippen LogP contribution in [0.5, 0.6) is 0 Å². The average molecular weight is 406 g/mol. The lowest BCUT2D eigenvalue weighted by atomic mass is 9.93. The molecule has 2 atom stereocenters. The molecule has 30 heavy (non-hydrogen) atoms. The molecular weight excluding hydrogens is 380 g/mol. The van der Waals surface area contributed by atoms with E-state index in [9.17, 15) is 4.79 Å². The first kappa shape index (κ1) is 19.1. The number of aromatic nitrogens is 3. The monoisotopic (exact) mass is 406 g/mol. The van der Waals surface area contributed by atoms with Crippen molar-refractivity contribution in [1.82, 2.24) is 20.1 Å². The summed E-state index contributed by atoms with van der Waals surface area (Å²) in [5.74, 6) is 1.51. The highest BCUT2D eigenvalue weighted by atomic mass is 16.5. The molecule has 0 unspecified atom stereocenters. The first-order valence-corrected chi connectivity index (χ1v) is 10.6. The highest BCUT2D eigenvalue weighted by molar-refractivity contribution is 5.95. The summed E-state index contributed by atoms with van der Waals surface area (Å²) >= 11 is 0. The summed E-state index contributed by atoms with van der Waals surface area (Å²) < 4.78 is 13.6. The van der Waals surface area contributed by atoms with E-state index >= 15 is 0 Å². The number of nitrogens with one attached hydrogen (secondary N) is 1. The molecule has 0 bridgehead atoms. The quantitative estimate of drug-likeness (QED) is 0.704. The van der Waals surface area contributed by atoms with Crippen molar-refractivity contribution in [2.45, 2.75) is 45.8 Å². The highest BCUT2D eigenvalue weighted by Gasteiger charge is 2.31. The molecule has 7 nitrogen and oxygen atoms in total. The van der Waals surface area contributed by atoms with Gasteiger partial charge in [0.2, 0.25) is 0 Å². The largest absolute Gasteiger partial charge is 0.455 e. The van der Waals surface area contributed by atoms with Gasteiger partial charge in [0, 0.05) is 43.1 Å². The smallest absolute Gasteiger partial charge is 0.287 e. The molecule has 0 saturated carbocycles. The number of rotatable bonds is 5. The van der Waals surface area contributed by atoms with Crippen LogP contribution in [0.15, 0.2) is 35.0 Å². The lowest BCUT2D eigenvalue weighted by Gasteiger charge is -2.14. The molecule has 4 heterocycles. The van der Waals surface area contributed by atoms with E-state index < -0.39 is 0 Å². The third-order valence-electron chi connectivity index (χ3n) is 6.18. The lowest BCUT2D eigenvalue weighted by molar-refractivity contribution is 0.0775. The molecule has 5 rings (SSSR count). The van der Waals surface area contributed by atoms with Gasteiger partial charge in [0.1, 0.15) is 5.76 Å². The first-order valence-electron chi connectivity index (χ1n) is 10.6. The van der Waals surface area contributed by atoms with Crippen LogP contribution >= 0.6 is 0 Å². The summed E-state index contributed by atoms with van der Waals surface area (Å²) in [7, 11) is 0. The first-order chi connectivity index (χ1) is 14.6. The van der Waals surface area contributed by atoms with Crippen LogP contribution in [0.25, 0.3) is 11.3 Å². The number of nitrogens with zero attached hydrogens (tertiary/aromatic N) is 3. The number of hydrogen-bond acceptors (Lipinski definition) is 5. The van der Waals surface area contributed by atoms with Gasteiger partial charge in [-0.15, -0.1) is 0 Å². The van der Waals surface area contributed by atoms with Gasteiger partial charge in [0.15, 0.2) is 5.76 Å². The third kappa shape index (κ3) is 3.43. The number of ether oxygens (including phenoxy) is 1. The molecular formula is C23H26N4O3. The maximum atomic E-state index is 12.8. The van der Waals surface area contributed by atoms with Gasteiger partial charge in [-0.1, -0.05) is 13.0 Å². The summed E-state index contributed by atoms with van der Waals surface area (Å²) in [6.07, 6.45) is 6.61. The van der Waals surface area contributed by atoms with E-state index in [1.165, 1.54) is 5.56 Å². The van der Waals surface area contributed by atoms with E-state index in [0.29, 0.717) is 24.8 Å². The topological polar surface area (TPSA) is 82.2 Å². The Hall–Kier alpha value is -2.93. The van der Waals surface area contributed by atoms with E-state index in [1.54, 1.807) is 6.20 Å². The van der Waals surface area contributed by atoms with Crippen molar-refractivity contribution in [3.05, 3.63) is 58.9 Å². The van der Waals surface area contributed by atoms with E-state index in [2.05, 4.69) is 23.4 Å². The predicted molar refractivity (Wildman–Crippen MR) is 111 cm³/mol. The minimum atomic E-state index is -0.181. The second-order valence-electron chi connectivity index (χ2n) is 8.26. The van der Waals surface area contributed by atoms with Gasteiger partial charge in [-0.05, 0) is 43.4 Å². The maximum Gasteiger partial charge on any atom is 0.287 e. The molecule has 1 aliphatic carbocycles. The fraction of sp³-hybridized carbons (Fsp3) is 0.435. The molecule has 1 N–H and O–H groups in total. The van der Waals surface area contributed by atoms with Crippen LogP contribution < -0.4 is 5.32 Å². The Labute approximate surface area is 175 Å². The fourth-order valence-corrected chi connectivity index (χ4v) is 4.41. The van der Waals surface area contributed by atoms with Gasteiger partial charge >= 0.3 is 0 Å². The fourth-order valence-electron chi connectivity index (χ4n) is 4.41. The molecule has 0 aromatic carbocycles. The zero-order valence-electron chi connectivity index (χ0n) is 17.4. The Morgan fingerprint density at radius 3 is 3.00 bits per heavy atom.